The summed E-state index contributed by atoms with van der Waals surface area (Å²) in [6.07, 6.45) is -4.39. The van der Waals surface area contributed by atoms with Crippen molar-refractivity contribution in [2.24, 2.45) is 0 Å². The normalized spacial score (nSPS) is 17.1. The van der Waals surface area contributed by atoms with Crippen molar-refractivity contribution in [2.75, 3.05) is 0 Å². The molecule has 0 bridgehead atoms. The molecule has 0 aliphatic rings. The highest BCUT2D eigenvalue weighted by molar-refractivity contribution is 7.65. The molecule has 0 N–H and O–H groups in total. The minimum Gasteiger partial charge on any atom is -0.171 e. The molecule has 0 amide bonds. The lowest BCUT2D eigenvalue weighted by Gasteiger charge is -2.19. The predicted molar refractivity (Wildman–Crippen MR) is 38.8 cm³/mol. The van der Waals surface area contributed by atoms with Gasteiger partial charge in [0.25, 0.3) is 0 Å². The SMILES string of the molecule is CC(C(F)(F)F)[Si](Cl)(Cl)Cl. The van der Waals surface area contributed by atoms with Crippen molar-refractivity contribution < 1.29 is 13.2 Å². The molecule has 0 aliphatic heterocycles. The van der Waals surface area contributed by atoms with Gasteiger partial charge in [-0.2, -0.15) is 13.2 Å². The molecular formula is C3H4Cl3F3Si. The molecule has 0 nitrogen and oxygen atoms in total. The lowest BCUT2D eigenvalue weighted by molar-refractivity contribution is -0.130. The van der Waals surface area contributed by atoms with Crippen LogP contribution < -0.4 is 0 Å². The first-order valence-corrected chi connectivity index (χ1v) is 7.40. The molecule has 0 radical (unpaired) electrons. The summed E-state index contributed by atoms with van der Waals surface area (Å²) in [6.45, 7) is 0.874. The summed E-state index contributed by atoms with van der Waals surface area (Å²) in [7, 11) is 0. The molecule has 0 saturated carbocycles. The fourth-order valence-corrected chi connectivity index (χ4v) is 1.67. The van der Waals surface area contributed by atoms with E-state index in [0.717, 1.165) is 6.92 Å². The van der Waals surface area contributed by atoms with Crippen LogP contribution in [0, 0.1) is 0 Å². The van der Waals surface area contributed by atoms with E-state index in [9.17, 15) is 13.2 Å². The highest BCUT2D eigenvalue weighted by Gasteiger charge is 2.50. The molecule has 0 heterocycles. The molecule has 0 aliphatic carbocycles. The van der Waals surface area contributed by atoms with Gasteiger partial charge in [-0.25, -0.2) is 0 Å². The van der Waals surface area contributed by atoms with Crippen molar-refractivity contribution in [3.05, 3.63) is 0 Å². The standard InChI is InChI=1S/C3H4Cl3F3Si/c1-2(3(7,8)9)10(4,5)6/h2H,1H3. The molecule has 0 spiro atoms. The van der Waals surface area contributed by atoms with Gasteiger partial charge in [-0.3, -0.25) is 0 Å². The van der Waals surface area contributed by atoms with Crippen LogP contribution in [-0.2, 0) is 0 Å². The first kappa shape index (κ1) is 10.9. The maximum absolute atomic E-state index is 11.7. The van der Waals surface area contributed by atoms with Crippen LogP contribution in [0.5, 0.6) is 0 Å². The van der Waals surface area contributed by atoms with Crippen molar-refractivity contribution in [3.8, 4) is 0 Å². The Morgan fingerprint density at radius 3 is 1.50 bits per heavy atom. The van der Waals surface area contributed by atoms with E-state index in [4.69, 9.17) is 33.2 Å². The summed E-state index contributed by atoms with van der Waals surface area (Å²) in [6, 6.07) is -3.60. The fourth-order valence-electron chi connectivity index (χ4n) is 0.186. The zero-order valence-electron chi connectivity index (χ0n) is 4.85. The molecule has 0 aromatic carbocycles. The van der Waals surface area contributed by atoms with Gasteiger partial charge < -0.3 is 0 Å². The van der Waals surface area contributed by atoms with Crippen molar-refractivity contribution in [2.45, 2.75) is 18.6 Å². The summed E-state index contributed by atoms with van der Waals surface area (Å²) in [5.41, 5.74) is -1.80. The van der Waals surface area contributed by atoms with Gasteiger partial charge in [0.15, 0.2) is 0 Å². The molecule has 62 valence electrons. The zero-order valence-corrected chi connectivity index (χ0v) is 8.11. The Labute approximate surface area is 71.4 Å². The maximum atomic E-state index is 11.7. The van der Waals surface area contributed by atoms with E-state index in [2.05, 4.69) is 0 Å². The Bertz CT molecular complexity index is 103. The maximum Gasteiger partial charge on any atom is 0.392 e. The van der Waals surface area contributed by atoms with Gasteiger partial charge in [0.1, 0.15) is 0 Å². The highest BCUT2D eigenvalue weighted by Crippen LogP contribution is 2.44. The minimum absolute atomic E-state index is 0.874. The van der Waals surface area contributed by atoms with Crippen molar-refractivity contribution >= 4 is 39.2 Å². The van der Waals surface area contributed by atoms with E-state index >= 15 is 0 Å². The Kier molecular flexibility index (Phi) is 3.36. The molecular weight excluding hydrogens is 227 g/mol. The van der Waals surface area contributed by atoms with Crippen LogP contribution in [0.4, 0.5) is 13.2 Å². The van der Waals surface area contributed by atoms with Gasteiger partial charge in [0.05, 0.1) is 5.54 Å². The molecule has 7 heteroatoms. The molecule has 1 unspecified atom stereocenters. The lowest BCUT2D eigenvalue weighted by atomic mass is 10.5. The first-order chi connectivity index (χ1) is 4.15. The second-order valence-corrected chi connectivity index (χ2v) is 10.9. The molecule has 0 aromatic heterocycles. The van der Waals surface area contributed by atoms with Crippen LogP contribution >= 0.6 is 33.2 Å². The Balaban J connectivity index is 4.23. The molecule has 0 saturated heterocycles. The lowest BCUT2D eigenvalue weighted by Crippen LogP contribution is -2.30. The van der Waals surface area contributed by atoms with Gasteiger partial charge in [0, 0.05) is 0 Å². The second kappa shape index (κ2) is 3.09. The summed E-state index contributed by atoms with van der Waals surface area (Å²) in [5, 5.41) is 0. The Morgan fingerprint density at radius 2 is 1.50 bits per heavy atom. The fraction of sp³-hybridized carbons (Fsp3) is 1.00. The Hall–Kier alpha value is 0.877. The average molecular weight is 232 g/mol. The summed E-state index contributed by atoms with van der Waals surface area (Å²) in [4.78, 5) is 0. The van der Waals surface area contributed by atoms with Gasteiger partial charge in [0.2, 0.25) is 0 Å². The van der Waals surface area contributed by atoms with Gasteiger partial charge in [-0.1, -0.05) is 6.92 Å². The Morgan fingerprint density at radius 1 is 1.20 bits per heavy atom. The monoisotopic (exact) mass is 230 g/mol. The third-order valence-electron chi connectivity index (χ3n) is 0.982. The van der Waals surface area contributed by atoms with E-state index in [1.165, 1.54) is 0 Å². The van der Waals surface area contributed by atoms with E-state index < -0.39 is 17.7 Å². The van der Waals surface area contributed by atoms with Gasteiger partial charge in [-0.15, -0.1) is 33.2 Å². The van der Waals surface area contributed by atoms with Crippen LogP contribution in [0.25, 0.3) is 0 Å². The number of alkyl halides is 3. The number of hydrogen-bond acceptors (Lipinski definition) is 0. The van der Waals surface area contributed by atoms with Crippen LogP contribution in [0.3, 0.4) is 0 Å². The predicted octanol–water partition coefficient (Wildman–Crippen LogP) is 3.59. The smallest absolute Gasteiger partial charge is 0.171 e. The van der Waals surface area contributed by atoms with E-state index in [1.807, 2.05) is 0 Å². The van der Waals surface area contributed by atoms with Gasteiger partial charge in [-0.05, 0) is 0 Å². The third-order valence-corrected chi connectivity index (χ3v) is 5.24. The highest BCUT2D eigenvalue weighted by atomic mass is 35.8. The molecule has 0 aromatic rings. The summed E-state index contributed by atoms with van der Waals surface area (Å²) < 4.78 is 35.2. The first-order valence-electron chi connectivity index (χ1n) is 2.29. The quantitative estimate of drug-likeness (QED) is 0.478. The molecule has 1 atom stereocenters. The van der Waals surface area contributed by atoms with Crippen molar-refractivity contribution in [1.29, 1.82) is 0 Å². The topological polar surface area (TPSA) is 0 Å². The van der Waals surface area contributed by atoms with Gasteiger partial charge >= 0.3 is 12.2 Å². The number of hydrogen-bond donors (Lipinski definition) is 0. The third kappa shape index (κ3) is 3.32. The largest absolute Gasteiger partial charge is 0.392 e. The average Bonchev–Trinajstić information content (AvgIpc) is 1.59. The van der Waals surface area contributed by atoms with Crippen molar-refractivity contribution in [3.63, 3.8) is 0 Å². The van der Waals surface area contributed by atoms with Crippen LogP contribution in [-0.4, -0.2) is 12.2 Å². The molecule has 10 heavy (non-hydrogen) atoms. The van der Waals surface area contributed by atoms with Crippen LogP contribution in [0.2, 0.25) is 5.54 Å². The second-order valence-electron chi connectivity index (χ2n) is 1.80. The zero-order chi connectivity index (χ0) is 8.58. The minimum atomic E-state index is -4.39. The summed E-state index contributed by atoms with van der Waals surface area (Å²) in [5.74, 6) is 0. The van der Waals surface area contributed by atoms with Crippen LogP contribution in [0.1, 0.15) is 6.92 Å². The number of rotatable bonds is 1. The number of halogens is 6. The molecule has 0 fully saturated rings. The van der Waals surface area contributed by atoms with Crippen LogP contribution in [0.15, 0.2) is 0 Å². The van der Waals surface area contributed by atoms with Crippen molar-refractivity contribution in [1.82, 2.24) is 0 Å². The molecule has 0 rings (SSSR count). The van der Waals surface area contributed by atoms with E-state index in [0.29, 0.717) is 0 Å². The van der Waals surface area contributed by atoms with E-state index in [-0.39, 0.29) is 0 Å². The summed E-state index contributed by atoms with van der Waals surface area (Å²) >= 11 is 15.4. The van der Waals surface area contributed by atoms with E-state index in [1.54, 1.807) is 0 Å².